The second-order valence-corrected chi connectivity index (χ2v) is 5.64. The van der Waals surface area contributed by atoms with E-state index in [1.54, 1.807) is 11.3 Å². The molecule has 0 aliphatic rings. The largest absolute Gasteiger partial charge is 0.507 e. The minimum Gasteiger partial charge on any atom is -0.507 e. The van der Waals surface area contributed by atoms with Crippen molar-refractivity contribution in [1.29, 1.82) is 0 Å². The summed E-state index contributed by atoms with van der Waals surface area (Å²) < 4.78 is 12.8. The lowest BCUT2D eigenvalue weighted by molar-refractivity contribution is 0.0948. The Kier molecular flexibility index (Phi) is 3.85. The first kappa shape index (κ1) is 13.5. The summed E-state index contributed by atoms with van der Waals surface area (Å²) in [7, 11) is 0. The van der Waals surface area contributed by atoms with Crippen molar-refractivity contribution in [1.82, 2.24) is 5.32 Å². The lowest BCUT2D eigenvalue weighted by Gasteiger charge is -2.05. The molecule has 2 N–H and O–H groups in total. The molecular formula is C14H14FNO2S. The number of nitrogens with one attached hydrogen (secondary N) is 1. The van der Waals surface area contributed by atoms with E-state index in [0.29, 0.717) is 6.54 Å². The maximum absolute atomic E-state index is 12.8. The first-order valence-electron chi connectivity index (χ1n) is 5.80. The van der Waals surface area contributed by atoms with Gasteiger partial charge in [0, 0.05) is 15.8 Å². The number of halogens is 1. The smallest absolute Gasteiger partial charge is 0.255 e. The third-order valence-electron chi connectivity index (χ3n) is 2.84. The lowest BCUT2D eigenvalue weighted by Crippen LogP contribution is -2.22. The molecule has 1 aromatic heterocycles. The van der Waals surface area contributed by atoms with Crippen molar-refractivity contribution >= 4 is 17.2 Å². The molecule has 1 amide bonds. The van der Waals surface area contributed by atoms with Gasteiger partial charge in [-0.05, 0) is 37.6 Å². The van der Waals surface area contributed by atoms with E-state index >= 15 is 0 Å². The Labute approximate surface area is 114 Å². The normalized spacial score (nSPS) is 10.5. The molecule has 3 nitrogen and oxygen atoms in total. The maximum Gasteiger partial charge on any atom is 0.255 e. The van der Waals surface area contributed by atoms with Gasteiger partial charge in [0.1, 0.15) is 11.6 Å². The van der Waals surface area contributed by atoms with E-state index in [1.807, 2.05) is 19.9 Å². The fourth-order valence-electron chi connectivity index (χ4n) is 1.70. The fourth-order valence-corrected chi connectivity index (χ4v) is 2.69. The first-order chi connectivity index (χ1) is 8.97. The van der Waals surface area contributed by atoms with Crippen LogP contribution in [0.3, 0.4) is 0 Å². The Morgan fingerprint density at radius 2 is 2.11 bits per heavy atom. The summed E-state index contributed by atoms with van der Waals surface area (Å²) in [5.74, 6) is -1.34. The molecule has 1 aromatic carbocycles. The molecule has 2 rings (SSSR count). The highest BCUT2D eigenvalue weighted by Crippen LogP contribution is 2.21. The molecule has 1 heterocycles. The average molecular weight is 279 g/mol. The summed E-state index contributed by atoms with van der Waals surface area (Å²) >= 11 is 1.62. The number of benzene rings is 1. The van der Waals surface area contributed by atoms with E-state index < -0.39 is 11.7 Å². The van der Waals surface area contributed by atoms with Crippen LogP contribution in [0.2, 0.25) is 0 Å². The number of phenolic OH excluding ortho intramolecular Hbond substituents is 1. The zero-order chi connectivity index (χ0) is 14.0. The third kappa shape index (κ3) is 3.12. The molecule has 0 fully saturated rings. The molecule has 19 heavy (non-hydrogen) atoms. The molecule has 5 heteroatoms. The van der Waals surface area contributed by atoms with Crippen LogP contribution >= 0.6 is 11.3 Å². The van der Waals surface area contributed by atoms with Gasteiger partial charge in [-0.2, -0.15) is 0 Å². The fraction of sp³-hybridized carbons (Fsp3) is 0.214. The van der Waals surface area contributed by atoms with Crippen molar-refractivity contribution in [3.8, 4) is 5.75 Å². The molecule has 100 valence electrons. The minimum absolute atomic E-state index is 0.0754. The van der Waals surface area contributed by atoms with Crippen LogP contribution in [-0.2, 0) is 6.54 Å². The lowest BCUT2D eigenvalue weighted by atomic mass is 10.2. The van der Waals surface area contributed by atoms with Crippen molar-refractivity contribution in [3.63, 3.8) is 0 Å². The third-order valence-corrected chi connectivity index (χ3v) is 4.00. The number of carbonyl (C=O) groups excluding carboxylic acids is 1. The maximum atomic E-state index is 12.8. The molecule has 0 saturated heterocycles. The number of amides is 1. The molecule has 0 radical (unpaired) electrons. The summed E-state index contributed by atoms with van der Waals surface area (Å²) in [5.41, 5.74) is 1.27. The molecule has 2 aromatic rings. The van der Waals surface area contributed by atoms with E-state index in [0.717, 1.165) is 17.0 Å². The summed E-state index contributed by atoms with van der Waals surface area (Å²) in [4.78, 5) is 14.1. The van der Waals surface area contributed by atoms with Gasteiger partial charge >= 0.3 is 0 Å². The van der Waals surface area contributed by atoms with Gasteiger partial charge in [-0.15, -0.1) is 11.3 Å². The Balaban J connectivity index is 2.05. The van der Waals surface area contributed by atoms with Crippen molar-refractivity contribution in [2.75, 3.05) is 0 Å². The zero-order valence-corrected chi connectivity index (χ0v) is 11.5. The van der Waals surface area contributed by atoms with E-state index in [-0.39, 0.29) is 11.3 Å². The van der Waals surface area contributed by atoms with Gasteiger partial charge in [0.15, 0.2) is 0 Å². The van der Waals surface area contributed by atoms with Crippen LogP contribution in [0.15, 0.2) is 24.3 Å². The molecular weight excluding hydrogens is 265 g/mol. The number of hydrogen-bond donors (Lipinski definition) is 2. The topological polar surface area (TPSA) is 49.3 Å². The van der Waals surface area contributed by atoms with Crippen molar-refractivity contribution in [2.45, 2.75) is 20.4 Å². The number of hydrogen-bond acceptors (Lipinski definition) is 3. The Morgan fingerprint density at radius 1 is 1.37 bits per heavy atom. The number of aryl methyl sites for hydroxylation is 2. The van der Waals surface area contributed by atoms with Gasteiger partial charge in [0.05, 0.1) is 12.1 Å². The number of rotatable bonds is 3. The number of aromatic hydroxyl groups is 1. The van der Waals surface area contributed by atoms with Crippen LogP contribution in [0.25, 0.3) is 0 Å². The van der Waals surface area contributed by atoms with Crippen molar-refractivity contribution < 1.29 is 14.3 Å². The van der Waals surface area contributed by atoms with Gasteiger partial charge in [-0.1, -0.05) is 0 Å². The van der Waals surface area contributed by atoms with Gasteiger partial charge in [0.2, 0.25) is 0 Å². The van der Waals surface area contributed by atoms with Crippen LogP contribution in [0.1, 0.15) is 25.7 Å². The Hall–Kier alpha value is -1.88. The summed E-state index contributed by atoms with van der Waals surface area (Å²) in [6.45, 7) is 4.44. The standard InChI is InChI=1S/C14H14FNO2S/c1-8-5-11(19-9(8)2)7-16-14(18)12-4-3-10(15)6-13(12)17/h3-6,17H,7H2,1-2H3,(H,16,18). The van der Waals surface area contributed by atoms with E-state index in [4.69, 9.17) is 0 Å². The van der Waals surface area contributed by atoms with E-state index in [9.17, 15) is 14.3 Å². The molecule has 0 aliphatic carbocycles. The number of thiophene rings is 1. The Bertz CT molecular complexity index is 602. The van der Waals surface area contributed by atoms with E-state index in [1.165, 1.54) is 16.5 Å². The second kappa shape index (κ2) is 5.40. The van der Waals surface area contributed by atoms with Crippen LogP contribution in [-0.4, -0.2) is 11.0 Å². The molecule has 0 spiro atoms. The highest BCUT2D eigenvalue weighted by atomic mass is 32.1. The quantitative estimate of drug-likeness (QED) is 0.906. The van der Waals surface area contributed by atoms with Gasteiger partial charge < -0.3 is 10.4 Å². The predicted octanol–water partition coefficient (Wildman–Crippen LogP) is 3.14. The van der Waals surface area contributed by atoms with E-state index in [2.05, 4.69) is 5.32 Å². The van der Waals surface area contributed by atoms with Crippen molar-refractivity contribution in [3.05, 3.63) is 51.0 Å². The second-order valence-electron chi connectivity index (χ2n) is 4.30. The predicted molar refractivity (Wildman–Crippen MR) is 73.0 cm³/mol. The highest BCUT2D eigenvalue weighted by molar-refractivity contribution is 7.12. The van der Waals surface area contributed by atoms with Crippen LogP contribution in [0, 0.1) is 19.7 Å². The van der Waals surface area contributed by atoms with Crippen LogP contribution < -0.4 is 5.32 Å². The minimum atomic E-state index is -0.571. The molecule has 0 bridgehead atoms. The van der Waals surface area contributed by atoms with Crippen LogP contribution in [0.4, 0.5) is 4.39 Å². The van der Waals surface area contributed by atoms with Gasteiger partial charge in [-0.3, -0.25) is 4.79 Å². The summed E-state index contributed by atoms with van der Waals surface area (Å²) in [5, 5.41) is 12.2. The molecule has 0 aliphatic heterocycles. The van der Waals surface area contributed by atoms with Gasteiger partial charge in [-0.25, -0.2) is 4.39 Å². The summed E-state index contributed by atoms with van der Waals surface area (Å²) in [6, 6.07) is 5.36. The molecule has 0 unspecified atom stereocenters. The highest BCUT2D eigenvalue weighted by Gasteiger charge is 2.12. The molecule has 0 saturated carbocycles. The summed E-state index contributed by atoms with van der Waals surface area (Å²) in [6.07, 6.45) is 0. The van der Waals surface area contributed by atoms with Crippen molar-refractivity contribution in [2.24, 2.45) is 0 Å². The number of phenols is 1. The monoisotopic (exact) mass is 279 g/mol. The molecule has 0 atom stereocenters. The SMILES string of the molecule is Cc1cc(CNC(=O)c2ccc(F)cc2O)sc1C. The Morgan fingerprint density at radius 3 is 2.68 bits per heavy atom. The number of carbonyl (C=O) groups is 1. The zero-order valence-electron chi connectivity index (χ0n) is 10.7. The van der Waals surface area contributed by atoms with Crippen LogP contribution in [0.5, 0.6) is 5.75 Å². The first-order valence-corrected chi connectivity index (χ1v) is 6.61. The van der Waals surface area contributed by atoms with Gasteiger partial charge in [0.25, 0.3) is 5.91 Å². The average Bonchev–Trinajstić information content (AvgIpc) is 2.66.